The van der Waals surface area contributed by atoms with E-state index in [0.29, 0.717) is 18.6 Å². The van der Waals surface area contributed by atoms with Crippen molar-refractivity contribution in [2.24, 2.45) is 0 Å². The van der Waals surface area contributed by atoms with Crippen LogP contribution in [0.15, 0.2) is 18.2 Å². The summed E-state index contributed by atoms with van der Waals surface area (Å²) in [5.74, 6) is -0.618. The maximum atomic E-state index is 11.1. The second-order valence-corrected chi connectivity index (χ2v) is 3.96. The molecule has 1 aromatic carbocycles. The maximum absolute atomic E-state index is 11.1. The molecule has 104 valence electrons. The number of benzene rings is 1. The summed E-state index contributed by atoms with van der Waals surface area (Å²) in [6, 6.07) is 3.30. The second-order valence-electron chi connectivity index (χ2n) is 3.96. The molecule has 2 N–H and O–H groups in total. The Labute approximate surface area is 110 Å². The highest BCUT2D eigenvalue weighted by Crippen LogP contribution is 2.29. The summed E-state index contributed by atoms with van der Waals surface area (Å²) in [6.45, 7) is 1.84. The Morgan fingerprint density at radius 3 is 2.74 bits per heavy atom. The van der Waals surface area contributed by atoms with Crippen LogP contribution in [0.3, 0.4) is 0 Å². The molecule has 0 fully saturated rings. The van der Waals surface area contributed by atoms with Gasteiger partial charge in [-0.15, -0.1) is 0 Å². The number of nitro benzene ring substituents is 1. The van der Waals surface area contributed by atoms with Crippen LogP contribution < -0.4 is 10.1 Å². The number of nitro groups is 1. The number of rotatable bonds is 7. The molecule has 1 unspecified atom stereocenters. The maximum Gasteiger partial charge on any atom is 0.326 e. The minimum Gasteiger partial charge on any atom is -0.497 e. The van der Waals surface area contributed by atoms with Crippen LogP contribution in [-0.2, 0) is 4.79 Å². The number of hydrogen-bond donors (Lipinski definition) is 2. The molecule has 0 bridgehead atoms. The third-order valence-electron chi connectivity index (χ3n) is 2.61. The van der Waals surface area contributed by atoms with E-state index in [-0.39, 0.29) is 11.4 Å². The minimum absolute atomic E-state index is 0.144. The molecular formula is C12H16N2O5. The molecule has 0 heterocycles. The van der Waals surface area contributed by atoms with Gasteiger partial charge in [0.05, 0.1) is 12.0 Å². The fourth-order valence-electron chi connectivity index (χ4n) is 1.65. The van der Waals surface area contributed by atoms with E-state index in [1.54, 1.807) is 0 Å². The predicted octanol–water partition coefficient (Wildman–Crippen LogP) is 2.27. The van der Waals surface area contributed by atoms with Crippen molar-refractivity contribution in [2.45, 2.75) is 25.8 Å². The van der Waals surface area contributed by atoms with E-state index >= 15 is 0 Å². The summed E-state index contributed by atoms with van der Waals surface area (Å²) >= 11 is 0. The Bertz CT molecular complexity index is 475. The van der Waals surface area contributed by atoms with Crippen molar-refractivity contribution in [1.82, 2.24) is 0 Å². The van der Waals surface area contributed by atoms with Crippen LogP contribution in [0.25, 0.3) is 0 Å². The minimum atomic E-state index is -1.04. The fraction of sp³-hybridized carbons (Fsp3) is 0.417. The van der Waals surface area contributed by atoms with Crippen molar-refractivity contribution in [3.8, 4) is 5.75 Å². The molecule has 0 radical (unpaired) electrons. The molecule has 0 saturated carbocycles. The number of methoxy groups -OCH3 is 1. The van der Waals surface area contributed by atoms with Gasteiger partial charge in [0.2, 0.25) is 0 Å². The zero-order valence-electron chi connectivity index (χ0n) is 10.8. The van der Waals surface area contributed by atoms with Crippen LogP contribution in [0.2, 0.25) is 0 Å². The van der Waals surface area contributed by atoms with E-state index in [0.717, 1.165) is 0 Å². The normalized spacial score (nSPS) is 11.7. The standard InChI is InChI=1S/C12H16N2O5/c1-3-4-9(12(15)16)13-10-7-8(19-2)5-6-11(10)14(17)18/h5-7,9,13H,3-4H2,1-2H3,(H,15,16). The molecule has 0 aliphatic heterocycles. The lowest BCUT2D eigenvalue weighted by molar-refractivity contribution is -0.384. The quantitative estimate of drug-likeness (QED) is 0.581. The van der Waals surface area contributed by atoms with Crippen LogP contribution in [0, 0.1) is 10.1 Å². The van der Waals surface area contributed by atoms with Gasteiger partial charge in [0, 0.05) is 12.1 Å². The molecule has 1 aromatic rings. The lowest BCUT2D eigenvalue weighted by Crippen LogP contribution is -2.29. The number of carboxylic acids is 1. The van der Waals surface area contributed by atoms with Gasteiger partial charge in [0.15, 0.2) is 0 Å². The van der Waals surface area contributed by atoms with Crippen LogP contribution in [0.4, 0.5) is 11.4 Å². The number of aliphatic carboxylic acids is 1. The first-order valence-electron chi connectivity index (χ1n) is 5.81. The number of nitrogens with zero attached hydrogens (tertiary/aromatic N) is 1. The van der Waals surface area contributed by atoms with Gasteiger partial charge in [-0.3, -0.25) is 10.1 Å². The zero-order chi connectivity index (χ0) is 14.4. The van der Waals surface area contributed by atoms with E-state index in [9.17, 15) is 14.9 Å². The van der Waals surface area contributed by atoms with E-state index in [2.05, 4.69) is 5.32 Å². The Balaban J connectivity index is 3.08. The van der Waals surface area contributed by atoms with E-state index < -0.39 is 16.9 Å². The molecule has 0 aromatic heterocycles. The molecule has 0 aliphatic rings. The van der Waals surface area contributed by atoms with Crippen LogP contribution in [0.1, 0.15) is 19.8 Å². The molecule has 1 atom stereocenters. The molecule has 1 rings (SSSR count). The predicted molar refractivity (Wildman–Crippen MR) is 69.6 cm³/mol. The lowest BCUT2D eigenvalue weighted by Gasteiger charge is -2.15. The fourth-order valence-corrected chi connectivity index (χ4v) is 1.65. The summed E-state index contributed by atoms with van der Waals surface area (Å²) in [4.78, 5) is 21.4. The number of ether oxygens (including phenoxy) is 1. The highest BCUT2D eigenvalue weighted by atomic mass is 16.6. The summed E-state index contributed by atoms with van der Waals surface area (Å²) in [6.07, 6.45) is 1.03. The molecule has 0 amide bonds. The van der Waals surface area contributed by atoms with Crippen molar-refractivity contribution in [3.05, 3.63) is 28.3 Å². The van der Waals surface area contributed by atoms with Gasteiger partial charge in [-0.1, -0.05) is 13.3 Å². The zero-order valence-corrected chi connectivity index (χ0v) is 10.8. The smallest absolute Gasteiger partial charge is 0.326 e. The van der Waals surface area contributed by atoms with Crippen molar-refractivity contribution >= 4 is 17.3 Å². The summed E-state index contributed by atoms with van der Waals surface area (Å²) in [5, 5.41) is 22.6. The van der Waals surface area contributed by atoms with Gasteiger partial charge in [-0.25, -0.2) is 4.79 Å². The van der Waals surface area contributed by atoms with Gasteiger partial charge in [0.25, 0.3) is 5.69 Å². The lowest BCUT2D eigenvalue weighted by atomic mass is 10.1. The Kier molecular flexibility index (Phi) is 5.11. The molecule has 0 spiro atoms. The Morgan fingerprint density at radius 1 is 1.58 bits per heavy atom. The SMILES string of the molecule is CCCC(Nc1cc(OC)ccc1[N+](=O)[O-])C(=O)O. The first-order chi connectivity index (χ1) is 8.99. The number of anilines is 1. The van der Waals surface area contributed by atoms with Gasteiger partial charge in [-0.05, 0) is 12.5 Å². The highest BCUT2D eigenvalue weighted by molar-refractivity contribution is 5.79. The monoisotopic (exact) mass is 268 g/mol. The van der Waals surface area contributed by atoms with Crippen LogP contribution >= 0.6 is 0 Å². The molecular weight excluding hydrogens is 252 g/mol. The molecule has 7 heteroatoms. The first-order valence-corrected chi connectivity index (χ1v) is 5.81. The van der Waals surface area contributed by atoms with Crippen molar-refractivity contribution in [3.63, 3.8) is 0 Å². The molecule has 7 nitrogen and oxygen atoms in total. The van der Waals surface area contributed by atoms with E-state index in [1.165, 1.54) is 25.3 Å². The molecule has 0 saturated heterocycles. The summed E-state index contributed by atoms with van der Waals surface area (Å²) in [7, 11) is 1.44. The molecule has 0 aliphatic carbocycles. The largest absolute Gasteiger partial charge is 0.497 e. The third-order valence-corrected chi connectivity index (χ3v) is 2.61. The third kappa shape index (κ3) is 3.84. The number of nitrogens with one attached hydrogen (secondary N) is 1. The van der Waals surface area contributed by atoms with Crippen molar-refractivity contribution < 1.29 is 19.6 Å². The Hall–Kier alpha value is -2.31. The van der Waals surface area contributed by atoms with Gasteiger partial charge in [0.1, 0.15) is 17.5 Å². The topological polar surface area (TPSA) is 102 Å². The average Bonchev–Trinajstić information content (AvgIpc) is 2.37. The van der Waals surface area contributed by atoms with Crippen molar-refractivity contribution in [1.29, 1.82) is 0 Å². The Morgan fingerprint density at radius 2 is 2.26 bits per heavy atom. The first kappa shape index (κ1) is 14.7. The number of hydrogen-bond acceptors (Lipinski definition) is 5. The van der Waals surface area contributed by atoms with Gasteiger partial charge >= 0.3 is 5.97 Å². The van der Waals surface area contributed by atoms with E-state index in [1.807, 2.05) is 6.92 Å². The second kappa shape index (κ2) is 6.58. The number of carbonyl (C=O) groups is 1. The van der Waals surface area contributed by atoms with Gasteiger partial charge < -0.3 is 15.2 Å². The van der Waals surface area contributed by atoms with Crippen LogP contribution in [-0.4, -0.2) is 29.2 Å². The van der Waals surface area contributed by atoms with Gasteiger partial charge in [-0.2, -0.15) is 0 Å². The summed E-state index contributed by atoms with van der Waals surface area (Å²) < 4.78 is 4.98. The summed E-state index contributed by atoms with van der Waals surface area (Å²) in [5.41, 5.74) is -0.0339. The van der Waals surface area contributed by atoms with E-state index in [4.69, 9.17) is 9.84 Å². The average molecular weight is 268 g/mol. The van der Waals surface area contributed by atoms with Crippen molar-refractivity contribution in [2.75, 3.05) is 12.4 Å². The molecule has 19 heavy (non-hydrogen) atoms. The number of carboxylic acid groups (broad SMARTS) is 1. The van der Waals surface area contributed by atoms with Crippen LogP contribution in [0.5, 0.6) is 5.75 Å². The highest BCUT2D eigenvalue weighted by Gasteiger charge is 2.21.